The third kappa shape index (κ3) is 2.67. The number of rotatable bonds is 3. The van der Waals surface area contributed by atoms with Crippen LogP contribution in [-0.2, 0) is 6.42 Å². The summed E-state index contributed by atoms with van der Waals surface area (Å²) in [5.41, 5.74) is 1.17. The summed E-state index contributed by atoms with van der Waals surface area (Å²) >= 11 is 14.2. The van der Waals surface area contributed by atoms with Gasteiger partial charge >= 0.3 is 0 Å². The van der Waals surface area contributed by atoms with Crippen molar-refractivity contribution < 1.29 is 0 Å². The van der Waals surface area contributed by atoms with Gasteiger partial charge in [0.15, 0.2) is 0 Å². The molecule has 2 atom stereocenters. The first kappa shape index (κ1) is 12.6. The Morgan fingerprint density at radius 2 is 2.19 bits per heavy atom. The molecule has 0 saturated carbocycles. The average molecular weight is 276 g/mol. The Morgan fingerprint density at radius 3 is 2.94 bits per heavy atom. The summed E-state index contributed by atoms with van der Waals surface area (Å²) < 4.78 is 0. The van der Waals surface area contributed by atoms with Gasteiger partial charge in [-0.3, -0.25) is 0 Å². The van der Waals surface area contributed by atoms with Gasteiger partial charge in [-0.05, 0) is 36.8 Å². The molecule has 1 aliphatic heterocycles. The molecule has 88 valence electrons. The van der Waals surface area contributed by atoms with E-state index in [9.17, 15) is 0 Å². The average Bonchev–Trinajstić information content (AvgIpc) is 2.72. The Hall–Kier alpha value is 0.110. The van der Waals surface area contributed by atoms with Gasteiger partial charge in [0.05, 0.1) is 10.0 Å². The second-order valence-corrected chi connectivity index (χ2v) is 5.97. The van der Waals surface area contributed by atoms with Crippen molar-refractivity contribution >= 4 is 35.0 Å². The molecule has 2 unspecified atom stereocenters. The SMILES string of the molecule is CNC1CSCC1Cc1cccc(Cl)c1Cl. The standard InChI is InChI=1S/C12H15Cl2NS/c1-15-11-7-16-6-9(11)5-8-3-2-4-10(13)12(8)14/h2-4,9,11,15H,5-7H2,1H3. The van der Waals surface area contributed by atoms with E-state index in [1.807, 2.05) is 30.9 Å². The van der Waals surface area contributed by atoms with Crippen LogP contribution in [0.3, 0.4) is 0 Å². The quantitative estimate of drug-likeness (QED) is 0.907. The second-order valence-electron chi connectivity index (χ2n) is 4.11. The van der Waals surface area contributed by atoms with Crippen LogP contribution in [-0.4, -0.2) is 24.6 Å². The summed E-state index contributed by atoms with van der Waals surface area (Å²) in [6.45, 7) is 0. The molecular formula is C12H15Cl2NS. The first-order chi connectivity index (χ1) is 7.72. The Labute approximate surface area is 111 Å². The molecule has 1 fully saturated rings. The van der Waals surface area contributed by atoms with Crippen molar-refractivity contribution in [3.8, 4) is 0 Å². The van der Waals surface area contributed by atoms with Gasteiger partial charge in [0.25, 0.3) is 0 Å². The zero-order valence-electron chi connectivity index (χ0n) is 9.17. The molecule has 1 aliphatic rings. The second kappa shape index (κ2) is 5.63. The minimum absolute atomic E-state index is 0.597. The van der Waals surface area contributed by atoms with Crippen molar-refractivity contribution in [2.24, 2.45) is 5.92 Å². The zero-order valence-corrected chi connectivity index (χ0v) is 11.5. The van der Waals surface area contributed by atoms with E-state index in [0.29, 0.717) is 17.0 Å². The van der Waals surface area contributed by atoms with E-state index in [0.717, 1.165) is 11.4 Å². The van der Waals surface area contributed by atoms with Crippen molar-refractivity contribution in [1.82, 2.24) is 5.32 Å². The van der Waals surface area contributed by atoms with Crippen LogP contribution in [0.4, 0.5) is 0 Å². The molecule has 1 saturated heterocycles. The molecular weight excluding hydrogens is 261 g/mol. The molecule has 0 bridgehead atoms. The lowest BCUT2D eigenvalue weighted by Gasteiger charge is -2.18. The molecule has 0 spiro atoms. The highest BCUT2D eigenvalue weighted by Crippen LogP contribution is 2.32. The Kier molecular flexibility index (Phi) is 4.42. The van der Waals surface area contributed by atoms with E-state index < -0.39 is 0 Å². The van der Waals surface area contributed by atoms with Gasteiger partial charge in [-0.1, -0.05) is 35.3 Å². The first-order valence-electron chi connectivity index (χ1n) is 5.40. The van der Waals surface area contributed by atoms with Gasteiger partial charge in [-0.2, -0.15) is 11.8 Å². The maximum atomic E-state index is 6.20. The van der Waals surface area contributed by atoms with Gasteiger partial charge in [0.2, 0.25) is 0 Å². The Morgan fingerprint density at radius 1 is 1.38 bits per heavy atom. The molecule has 0 aliphatic carbocycles. The fraction of sp³-hybridized carbons (Fsp3) is 0.500. The van der Waals surface area contributed by atoms with Gasteiger partial charge in [-0.15, -0.1) is 0 Å². The number of thioether (sulfide) groups is 1. The van der Waals surface area contributed by atoms with E-state index in [-0.39, 0.29) is 0 Å². The van der Waals surface area contributed by atoms with Gasteiger partial charge in [-0.25, -0.2) is 0 Å². The number of benzene rings is 1. The first-order valence-corrected chi connectivity index (χ1v) is 7.31. The highest BCUT2D eigenvalue weighted by atomic mass is 35.5. The number of hydrogen-bond acceptors (Lipinski definition) is 2. The summed E-state index contributed by atoms with van der Waals surface area (Å²) in [7, 11) is 2.03. The van der Waals surface area contributed by atoms with E-state index in [4.69, 9.17) is 23.2 Å². The molecule has 0 aromatic heterocycles. The molecule has 4 heteroatoms. The minimum atomic E-state index is 0.597. The van der Waals surface area contributed by atoms with E-state index in [2.05, 4.69) is 11.4 Å². The lowest BCUT2D eigenvalue weighted by atomic mass is 9.95. The van der Waals surface area contributed by atoms with Crippen molar-refractivity contribution in [2.45, 2.75) is 12.5 Å². The molecule has 1 aromatic rings. The van der Waals surface area contributed by atoms with Gasteiger partial charge in [0.1, 0.15) is 0 Å². The summed E-state index contributed by atoms with van der Waals surface area (Å²) in [4.78, 5) is 0. The van der Waals surface area contributed by atoms with E-state index in [1.54, 1.807) is 0 Å². The molecule has 1 aromatic carbocycles. The van der Waals surface area contributed by atoms with E-state index >= 15 is 0 Å². The van der Waals surface area contributed by atoms with Gasteiger partial charge < -0.3 is 5.32 Å². The van der Waals surface area contributed by atoms with Crippen molar-refractivity contribution in [1.29, 1.82) is 0 Å². The maximum Gasteiger partial charge on any atom is 0.0624 e. The highest BCUT2D eigenvalue weighted by molar-refractivity contribution is 7.99. The topological polar surface area (TPSA) is 12.0 Å². The smallest absolute Gasteiger partial charge is 0.0624 e. The van der Waals surface area contributed by atoms with Crippen LogP contribution in [0.2, 0.25) is 10.0 Å². The molecule has 1 nitrogen and oxygen atoms in total. The minimum Gasteiger partial charge on any atom is -0.316 e. The predicted octanol–water partition coefficient (Wildman–Crippen LogP) is 3.49. The molecule has 0 amide bonds. The highest BCUT2D eigenvalue weighted by Gasteiger charge is 2.27. The summed E-state index contributed by atoms with van der Waals surface area (Å²) in [5.74, 6) is 3.05. The zero-order chi connectivity index (χ0) is 11.5. The fourth-order valence-electron chi connectivity index (χ4n) is 2.11. The molecule has 1 heterocycles. The molecule has 2 rings (SSSR count). The van der Waals surface area contributed by atoms with Crippen LogP contribution < -0.4 is 5.32 Å². The lowest BCUT2D eigenvalue weighted by molar-refractivity contribution is 0.453. The summed E-state index contributed by atoms with van der Waals surface area (Å²) in [6.07, 6.45) is 1.01. The van der Waals surface area contributed by atoms with Crippen LogP contribution in [0, 0.1) is 5.92 Å². The van der Waals surface area contributed by atoms with Crippen LogP contribution in [0.25, 0.3) is 0 Å². The van der Waals surface area contributed by atoms with E-state index in [1.165, 1.54) is 17.1 Å². The molecule has 0 radical (unpaired) electrons. The van der Waals surface area contributed by atoms with Crippen molar-refractivity contribution in [2.75, 3.05) is 18.6 Å². The van der Waals surface area contributed by atoms with Crippen molar-refractivity contribution in [3.63, 3.8) is 0 Å². The largest absolute Gasteiger partial charge is 0.316 e. The number of hydrogen-bond donors (Lipinski definition) is 1. The third-order valence-corrected chi connectivity index (χ3v) is 5.20. The van der Waals surface area contributed by atoms with Crippen LogP contribution in [0.15, 0.2) is 18.2 Å². The fourth-order valence-corrected chi connectivity index (χ4v) is 3.99. The normalized spacial score (nSPS) is 24.9. The summed E-state index contributed by atoms with van der Waals surface area (Å²) in [6, 6.07) is 6.48. The monoisotopic (exact) mass is 275 g/mol. The molecule has 16 heavy (non-hydrogen) atoms. The lowest BCUT2D eigenvalue weighted by Crippen LogP contribution is -2.33. The molecule has 1 N–H and O–H groups in total. The predicted molar refractivity (Wildman–Crippen MR) is 73.8 cm³/mol. The number of halogens is 2. The van der Waals surface area contributed by atoms with Crippen LogP contribution in [0.5, 0.6) is 0 Å². The maximum absolute atomic E-state index is 6.20. The van der Waals surface area contributed by atoms with Gasteiger partial charge in [0, 0.05) is 11.8 Å². The number of nitrogens with one attached hydrogen (secondary N) is 1. The van der Waals surface area contributed by atoms with Crippen LogP contribution in [0.1, 0.15) is 5.56 Å². The van der Waals surface area contributed by atoms with Crippen LogP contribution >= 0.6 is 35.0 Å². The Balaban J connectivity index is 2.11. The van der Waals surface area contributed by atoms with Crippen molar-refractivity contribution in [3.05, 3.63) is 33.8 Å². The third-order valence-electron chi connectivity index (χ3n) is 3.08. The summed E-state index contributed by atoms with van der Waals surface area (Å²) in [5, 5.41) is 4.75. The Bertz CT molecular complexity index is 370.